The Morgan fingerprint density at radius 2 is 1.90 bits per heavy atom. The molecule has 2 amide bonds. The molecule has 1 heterocycles. The van der Waals surface area contributed by atoms with E-state index in [0.29, 0.717) is 32.4 Å². The van der Waals surface area contributed by atoms with Crippen LogP contribution in [0.5, 0.6) is 0 Å². The fourth-order valence-corrected chi connectivity index (χ4v) is 4.27. The van der Waals surface area contributed by atoms with E-state index in [9.17, 15) is 9.59 Å². The highest BCUT2D eigenvalue weighted by Crippen LogP contribution is 2.38. The lowest BCUT2D eigenvalue weighted by Gasteiger charge is -2.30. The van der Waals surface area contributed by atoms with Gasteiger partial charge in [-0.2, -0.15) is 0 Å². The van der Waals surface area contributed by atoms with Crippen molar-refractivity contribution in [1.82, 2.24) is 10.2 Å². The molecule has 0 saturated carbocycles. The smallest absolute Gasteiger partial charge is 0.228 e. The van der Waals surface area contributed by atoms with E-state index < -0.39 is 5.41 Å². The summed E-state index contributed by atoms with van der Waals surface area (Å²) in [5, 5.41) is 3.11. The summed E-state index contributed by atoms with van der Waals surface area (Å²) >= 11 is 0. The van der Waals surface area contributed by atoms with Gasteiger partial charge in [-0.3, -0.25) is 9.59 Å². The number of hydrogen-bond donors (Lipinski definition) is 1. The maximum absolute atomic E-state index is 13.3. The molecule has 0 radical (unpaired) electrons. The third-order valence-electron chi connectivity index (χ3n) is 5.79. The molecule has 1 atom stereocenters. The van der Waals surface area contributed by atoms with Crippen molar-refractivity contribution in [2.75, 3.05) is 13.1 Å². The van der Waals surface area contributed by atoms with Crippen LogP contribution in [0.2, 0.25) is 0 Å². The third kappa shape index (κ3) is 4.69. The molecule has 154 valence electrons. The van der Waals surface area contributed by atoms with Crippen molar-refractivity contribution < 1.29 is 9.59 Å². The Bertz CT molecular complexity index is 890. The molecule has 0 aromatic heterocycles. The van der Waals surface area contributed by atoms with Gasteiger partial charge in [0.2, 0.25) is 11.8 Å². The van der Waals surface area contributed by atoms with Gasteiger partial charge in [0.15, 0.2) is 0 Å². The summed E-state index contributed by atoms with van der Waals surface area (Å²) in [7, 11) is 0. The topological polar surface area (TPSA) is 49.4 Å². The molecule has 1 N–H and O–H groups in total. The Morgan fingerprint density at radius 1 is 1.14 bits per heavy atom. The highest BCUT2D eigenvalue weighted by Gasteiger charge is 2.46. The molecule has 1 aliphatic heterocycles. The molecule has 2 aromatic rings. The number of carbonyl (C=O) groups is 2. The number of benzene rings is 2. The zero-order chi connectivity index (χ0) is 21.0. The van der Waals surface area contributed by atoms with Crippen molar-refractivity contribution in [2.45, 2.75) is 53.0 Å². The predicted octanol–water partition coefficient (Wildman–Crippen LogP) is 4.36. The van der Waals surface area contributed by atoms with Gasteiger partial charge in [0.05, 0.1) is 5.41 Å². The number of likely N-dealkylation sites (tertiary alicyclic amines) is 1. The summed E-state index contributed by atoms with van der Waals surface area (Å²) in [4.78, 5) is 27.5. The molecule has 0 bridgehead atoms. The van der Waals surface area contributed by atoms with Crippen molar-refractivity contribution in [1.29, 1.82) is 0 Å². The lowest BCUT2D eigenvalue weighted by Crippen LogP contribution is -2.47. The van der Waals surface area contributed by atoms with E-state index in [1.807, 2.05) is 37.8 Å². The molecule has 0 unspecified atom stereocenters. The zero-order valence-corrected chi connectivity index (χ0v) is 18.0. The zero-order valence-electron chi connectivity index (χ0n) is 18.0. The summed E-state index contributed by atoms with van der Waals surface area (Å²) < 4.78 is 0. The quantitative estimate of drug-likeness (QED) is 0.794. The summed E-state index contributed by atoms with van der Waals surface area (Å²) in [6, 6.07) is 16.9. The number of hydrogen-bond acceptors (Lipinski definition) is 2. The molecule has 0 aliphatic carbocycles. The minimum atomic E-state index is -0.588. The van der Waals surface area contributed by atoms with Crippen molar-refractivity contribution >= 4 is 11.8 Å². The molecule has 1 aliphatic rings. The molecule has 3 rings (SSSR count). The molecular weight excluding hydrogens is 360 g/mol. The maximum Gasteiger partial charge on any atom is 0.228 e. The molecule has 0 spiro atoms. The van der Waals surface area contributed by atoms with Crippen LogP contribution in [0.25, 0.3) is 11.1 Å². The number of rotatable bonds is 6. The second-order valence-electron chi connectivity index (χ2n) is 8.53. The summed E-state index contributed by atoms with van der Waals surface area (Å²) in [6.07, 6.45) is 1.80. The highest BCUT2D eigenvalue weighted by molar-refractivity contribution is 5.86. The number of aryl methyl sites for hydroxylation is 1. The highest BCUT2D eigenvalue weighted by atomic mass is 16.2. The molecular formula is C25H32N2O2. The first-order chi connectivity index (χ1) is 13.8. The van der Waals surface area contributed by atoms with Crippen LogP contribution in [0, 0.1) is 12.3 Å². The van der Waals surface area contributed by atoms with Gasteiger partial charge in [0.25, 0.3) is 0 Å². The fourth-order valence-electron chi connectivity index (χ4n) is 4.27. The molecule has 1 saturated heterocycles. The average molecular weight is 393 g/mol. The van der Waals surface area contributed by atoms with Crippen molar-refractivity contribution in [3.63, 3.8) is 0 Å². The second kappa shape index (κ2) is 8.81. The Labute approximate surface area is 174 Å². The van der Waals surface area contributed by atoms with E-state index in [-0.39, 0.29) is 17.9 Å². The number of nitrogens with zero attached hydrogens (tertiary/aromatic N) is 1. The first-order valence-corrected chi connectivity index (χ1v) is 10.6. The lowest BCUT2D eigenvalue weighted by molar-refractivity contribution is -0.133. The number of carbonyl (C=O) groups excluding carboxylic acids is 2. The second-order valence-corrected chi connectivity index (χ2v) is 8.53. The third-order valence-corrected chi connectivity index (χ3v) is 5.79. The van der Waals surface area contributed by atoms with Gasteiger partial charge in [0, 0.05) is 25.6 Å². The van der Waals surface area contributed by atoms with Crippen LogP contribution in [0.1, 0.15) is 44.7 Å². The van der Waals surface area contributed by atoms with Crippen LogP contribution < -0.4 is 5.32 Å². The van der Waals surface area contributed by atoms with Crippen LogP contribution in [0.15, 0.2) is 48.5 Å². The monoisotopic (exact) mass is 392 g/mol. The van der Waals surface area contributed by atoms with E-state index in [4.69, 9.17) is 0 Å². The van der Waals surface area contributed by atoms with Gasteiger partial charge in [0.1, 0.15) is 0 Å². The normalized spacial score (nSPS) is 18.9. The molecule has 4 nitrogen and oxygen atoms in total. The first-order valence-electron chi connectivity index (χ1n) is 10.6. The lowest BCUT2D eigenvalue weighted by atomic mass is 9.78. The fraction of sp³-hybridized carbons (Fsp3) is 0.440. The minimum absolute atomic E-state index is 0.0537. The van der Waals surface area contributed by atoms with Gasteiger partial charge < -0.3 is 10.2 Å². The van der Waals surface area contributed by atoms with Crippen LogP contribution in [-0.2, 0) is 16.0 Å². The van der Waals surface area contributed by atoms with Crippen molar-refractivity contribution in [3.8, 4) is 11.1 Å². The molecule has 4 heteroatoms. The SMILES string of the molecule is CCC(=O)N1CC[C@@](Cc2ccccc2-c2cccc(C)c2)(C(=O)NC(C)C)C1. The maximum atomic E-state index is 13.3. The first kappa shape index (κ1) is 21.1. The Balaban J connectivity index is 1.97. The summed E-state index contributed by atoms with van der Waals surface area (Å²) in [6.45, 7) is 9.07. The van der Waals surface area contributed by atoms with Crippen LogP contribution in [0.3, 0.4) is 0 Å². The van der Waals surface area contributed by atoms with Gasteiger partial charge in [-0.1, -0.05) is 61.0 Å². The Hall–Kier alpha value is -2.62. The standard InChI is InChI=1S/C25H32N2O2/c1-5-23(28)27-14-13-25(17-27,24(29)26-18(2)3)16-21-10-6-7-12-22(21)20-11-8-9-19(4)15-20/h6-12,15,18H,5,13-14,16-17H2,1-4H3,(H,26,29)/t25-/m0/s1. The van der Waals surface area contributed by atoms with E-state index in [0.717, 1.165) is 11.1 Å². The van der Waals surface area contributed by atoms with E-state index >= 15 is 0 Å². The van der Waals surface area contributed by atoms with Crippen LogP contribution in [0.4, 0.5) is 0 Å². The van der Waals surface area contributed by atoms with Crippen molar-refractivity contribution in [3.05, 3.63) is 59.7 Å². The van der Waals surface area contributed by atoms with Gasteiger partial charge in [-0.25, -0.2) is 0 Å². The molecule has 2 aromatic carbocycles. The predicted molar refractivity (Wildman–Crippen MR) is 118 cm³/mol. The Morgan fingerprint density at radius 3 is 2.59 bits per heavy atom. The van der Waals surface area contributed by atoms with Crippen molar-refractivity contribution in [2.24, 2.45) is 5.41 Å². The van der Waals surface area contributed by atoms with E-state index in [2.05, 4.69) is 48.6 Å². The van der Waals surface area contributed by atoms with Crippen LogP contribution >= 0.6 is 0 Å². The largest absolute Gasteiger partial charge is 0.353 e. The van der Waals surface area contributed by atoms with Gasteiger partial charge in [-0.15, -0.1) is 0 Å². The van der Waals surface area contributed by atoms with Gasteiger partial charge >= 0.3 is 0 Å². The van der Waals surface area contributed by atoms with Gasteiger partial charge in [-0.05, 0) is 50.3 Å². The summed E-state index contributed by atoms with van der Waals surface area (Å²) in [5.74, 6) is 0.175. The molecule has 1 fully saturated rings. The minimum Gasteiger partial charge on any atom is -0.353 e. The number of nitrogens with one attached hydrogen (secondary N) is 1. The number of amides is 2. The van der Waals surface area contributed by atoms with Crippen LogP contribution in [-0.4, -0.2) is 35.8 Å². The van der Waals surface area contributed by atoms with E-state index in [1.54, 1.807) is 0 Å². The Kier molecular flexibility index (Phi) is 6.41. The average Bonchev–Trinajstić information content (AvgIpc) is 3.13. The summed E-state index contributed by atoms with van der Waals surface area (Å²) in [5.41, 5.74) is 4.11. The van der Waals surface area contributed by atoms with E-state index in [1.165, 1.54) is 11.1 Å². The molecule has 29 heavy (non-hydrogen) atoms.